The Hall–Kier alpha value is 0.650. The molecule has 0 aromatic carbocycles. The third kappa shape index (κ3) is 7.40. The van der Waals surface area contributed by atoms with E-state index in [-0.39, 0.29) is 0 Å². The van der Waals surface area contributed by atoms with Crippen LogP contribution in [0.15, 0.2) is 12.1 Å². The number of rotatable bonds is 16. The summed E-state index contributed by atoms with van der Waals surface area (Å²) in [5.74, 6) is 0. The third-order valence-electron chi connectivity index (χ3n) is 8.09. The van der Waals surface area contributed by atoms with Gasteiger partial charge in [0.25, 0.3) is 0 Å². The standard InChI is InChI=1S/C30H54Se2Si3/c1-9-11-13-15-17-19-21-35(22-20-18-16-14-12-10-2)25-23-27(33(3,4)5)31-29(25)30-26(35)24-28(32-30)34(6,7)8/h23-24H,9-22H2,1-8H3. The molecular formula is C30H54Se2Si3. The maximum atomic E-state index is 2.87. The SMILES string of the molecule is CCCCCCCC[Si]1(CCCCCCCC)c2cc([Si](C)(C)C)[se]c2-c2[se]c([Si](C)(C)C)cc21. The summed E-state index contributed by atoms with van der Waals surface area (Å²) in [7, 11) is -4.01. The zero-order chi connectivity index (χ0) is 25.7. The van der Waals surface area contributed by atoms with Crippen molar-refractivity contribution in [1.29, 1.82) is 0 Å². The summed E-state index contributed by atoms with van der Waals surface area (Å²) >= 11 is 1.28. The molecule has 198 valence electrons. The van der Waals surface area contributed by atoms with E-state index >= 15 is 0 Å². The van der Waals surface area contributed by atoms with Crippen molar-refractivity contribution in [3.8, 4) is 8.87 Å². The summed E-state index contributed by atoms with van der Waals surface area (Å²) < 4.78 is 7.78. The van der Waals surface area contributed by atoms with Gasteiger partial charge in [-0.3, -0.25) is 0 Å². The van der Waals surface area contributed by atoms with Gasteiger partial charge in [0.1, 0.15) is 0 Å². The van der Waals surface area contributed by atoms with Crippen molar-refractivity contribution >= 4 is 71.7 Å². The van der Waals surface area contributed by atoms with E-state index in [0.717, 1.165) is 0 Å². The molecule has 0 atom stereocenters. The molecule has 1 aliphatic heterocycles. The monoisotopic (exact) mass is 658 g/mol. The van der Waals surface area contributed by atoms with Gasteiger partial charge in [-0.25, -0.2) is 0 Å². The molecule has 0 fully saturated rings. The van der Waals surface area contributed by atoms with Gasteiger partial charge in [0, 0.05) is 0 Å². The van der Waals surface area contributed by atoms with Crippen molar-refractivity contribution in [3.05, 3.63) is 12.1 Å². The second-order valence-electron chi connectivity index (χ2n) is 13.3. The summed E-state index contributed by atoms with van der Waals surface area (Å²) in [6.45, 7) is 20.3. The van der Waals surface area contributed by atoms with Gasteiger partial charge in [-0.1, -0.05) is 0 Å². The Morgan fingerprint density at radius 2 is 0.886 bits per heavy atom. The second kappa shape index (κ2) is 13.1. The van der Waals surface area contributed by atoms with E-state index < -0.39 is 24.2 Å². The Balaban J connectivity index is 1.95. The molecular weight excluding hydrogens is 603 g/mol. The Morgan fingerprint density at radius 3 is 1.23 bits per heavy atom. The zero-order valence-electron chi connectivity index (χ0n) is 24.4. The normalized spacial score (nSPS) is 15.0. The fraction of sp³-hybridized carbons (Fsp3) is 0.733. The Kier molecular flexibility index (Phi) is 11.3. The van der Waals surface area contributed by atoms with Gasteiger partial charge in [-0.15, -0.1) is 0 Å². The first kappa shape index (κ1) is 30.2. The molecule has 0 unspecified atom stereocenters. The molecule has 0 saturated carbocycles. The molecule has 0 N–H and O–H groups in total. The average molecular weight is 657 g/mol. The van der Waals surface area contributed by atoms with E-state index in [9.17, 15) is 0 Å². The van der Waals surface area contributed by atoms with Crippen LogP contribution in [0, 0.1) is 0 Å². The molecule has 3 heterocycles. The van der Waals surface area contributed by atoms with Crippen LogP contribution in [0.4, 0.5) is 0 Å². The summed E-state index contributed by atoms with van der Waals surface area (Å²) in [4.78, 5) is 0. The fourth-order valence-electron chi connectivity index (χ4n) is 5.79. The van der Waals surface area contributed by atoms with E-state index in [2.05, 4.69) is 65.3 Å². The number of hydrogen-bond acceptors (Lipinski definition) is 0. The first-order chi connectivity index (χ1) is 16.5. The van der Waals surface area contributed by atoms with Crippen molar-refractivity contribution < 1.29 is 0 Å². The molecule has 0 bridgehead atoms. The van der Waals surface area contributed by atoms with Crippen LogP contribution in [-0.4, -0.2) is 53.2 Å². The molecule has 1 aliphatic rings. The summed E-state index contributed by atoms with van der Waals surface area (Å²) in [6, 6.07) is 8.86. The summed E-state index contributed by atoms with van der Waals surface area (Å²) in [5.41, 5.74) is 0. The molecule has 35 heavy (non-hydrogen) atoms. The minimum atomic E-state index is -1.59. The molecule has 2 aromatic heterocycles. The molecule has 0 amide bonds. The fourth-order valence-corrected chi connectivity index (χ4v) is 26.0. The van der Waals surface area contributed by atoms with E-state index in [1.807, 2.05) is 27.4 Å². The number of unbranched alkanes of at least 4 members (excludes halogenated alkanes) is 10. The third-order valence-corrected chi connectivity index (χ3v) is 30.9. The average Bonchev–Trinajstić information content (AvgIpc) is 3.46. The van der Waals surface area contributed by atoms with Crippen LogP contribution < -0.4 is 18.5 Å². The predicted molar refractivity (Wildman–Crippen MR) is 173 cm³/mol. The van der Waals surface area contributed by atoms with Crippen molar-refractivity contribution in [2.24, 2.45) is 0 Å². The molecule has 0 radical (unpaired) electrons. The predicted octanol–water partition coefficient (Wildman–Crippen LogP) is 7.16. The van der Waals surface area contributed by atoms with Crippen molar-refractivity contribution in [1.82, 2.24) is 0 Å². The molecule has 5 heteroatoms. The number of hydrogen-bond donors (Lipinski definition) is 0. The maximum absolute atomic E-state index is 2.87. The zero-order valence-corrected chi connectivity index (χ0v) is 30.8. The van der Waals surface area contributed by atoms with Gasteiger partial charge in [-0.2, -0.15) is 0 Å². The first-order valence-electron chi connectivity index (χ1n) is 14.8. The minimum absolute atomic E-state index is 0.641. The number of fused-ring (bicyclic) bond motifs is 3. The van der Waals surface area contributed by atoms with Gasteiger partial charge >= 0.3 is 235 Å². The van der Waals surface area contributed by atoms with Crippen LogP contribution in [-0.2, 0) is 0 Å². The van der Waals surface area contributed by atoms with E-state index in [4.69, 9.17) is 0 Å². The van der Waals surface area contributed by atoms with Crippen molar-refractivity contribution in [3.63, 3.8) is 0 Å². The van der Waals surface area contributed by atoms with Crippen LogP contribution >= 0.6 is 0 Å². The second-order valence-corrected chi connectivity index (χ2v) is 33.7. The molecule has 2 aromatic rings. The van der Waals surface area contributed by atoms with Crippen LogP contribution in [0.3, 0.4) is 0 Å². The molecule has 0 aliphatic carbocycles. The Labute approximate surface area is 233 Å². The van der Waals surface area contributed by atoms with Crippen LogP contribution in [0.1, 0.15) is 90.9 Å². The molecule has 0 nitrogen and oxygen atoms in total. The van der Waals surface area contributed by atoms with Gasteiger partial charge in [0.2, 0.25) is 0 Å². The summed E-state index contributed by atoms with van der Waals surface area (Å²) in [6.07, 6.45) is 17.4. The van der Waals surface area contributed by atoms with Crippen LogP contribution in [0.25, 0.3) is 8.87 Å². The van der Waals surface area contributed by atoms with Crippen molar-refractivity contribution in [2.45, 2.75) is 142 Å². The van der Waals surface area contributed by atoms with Crippen LogP contribution in [0.5, 0.6) is 0 Å². The van der Waals surface area contributed by atoms with Gasteiger partial charge in [0.05, 0.1) is 0 Å². The topological polar surface area (TPSA) is 0 Å². The molecule has 3 rings (SSSR count). The Bertz CT molecular complexity index is 850. The quantitative estimate of drug-likeness (QED) is 0.133. The Morgan fingerprint density at radius 1 is 0.543 bits per heavy atom. The molecule has 0 saturated heterocycles. The van der Waals surface area contributed by atoms with E-state index in [1.165, 1.54) is 77.0 Å². The molecule has 0 spiro atoms. The van der Waals surface area contributed by atoms with Crippen LogP contribution in [0.2, 0.25) is 51.4 Å². The van der Waals surface area contributed by atoms with Gasteiger partial charge in [0.15, 0.2) is 0 Å². The first-order valence-corrected chi connectivity index (χ1v) is 27.7. The van der Waals surface area contributed by atoms with Crippen molar-refractivity contribution in [2.75, 3.05) is 0 Å². The summed E-state index contributed by atoms with van der Waals surface area (Å²) in [5, 5.41) is 3.99. The van der Waals surface area contributed by atoms with Gasteiger partial charge < -0.3 is 0 Å². The van der Waals surface area contributed by atoms with Gasteiger partial charge in [-0.05, 0) is 0 Å². The van der Waals surface area contributed by atoms with E-state index in [1.54, 1.807) is 12.1 Å². The van der Waals surface area contributed by atoms with E-state index in [0.29, 0.717) is 29.0 Å².